The number of carbonyl (C=O) groups excluding carboxylic acids is 1. The van der Waals surface area contributed by atoms with Crippen LogP contribution in [0.1, 0.15) is 6.92 Å². The van der Waals surface area contributed by atoms with E-state index in [0.29, 0.717) is 0 Å². The summed E-state index contributed by atoms with van der Waals surface area (Å²) in [5.41, 5.74) is -1.04. The standard InChI is InChI=1S/C9H17NO7S/c1-9(4-17-8(14)10-9)5-18(15,16)3-7(13)6(12)2-11/h6-7,11-13H,2-5H2,1H3,(H,10,14). The topological polar surface area (TPSA) is 133 Å². The molecule has 1 rings (SSSR count). The first-order chi connectivity index (χ1) is 8.17. The van der Waals surface area contributed by atoms with Gasteiger partial charge < -0.3 is 25.4 Å². The molecular formula is C9H17NO7S. The summed E-state index contributed by atoms with van der Waals surface area (Å²) in [6.07, 6.45) is -3.77. The third-order valence-electron chi connectivity index (χ3n) is 2.52. The molecule has 1 aliphatic rings. The fraction of sp³-hybridized carbons (Fsp3) is 0.889. The van der Waals surface area contributed by atoms with Crippen molar-refractivity contribution in [1.29, 1.82) is 0 Å². The smallest absolute Gasteiger partial charge is 0.407 e. The van der Waals surface area contributed by atoms with Gasteiger partial charge >= 0.3 is 6.09 Å². The van der Waals surface area contributed by atoms with Gasteiger partial charge in [-0.3, -0.25) is 0 Å². The molecule has 106 valence electrons. The first kappa shape index (κ1) is 15.2. The number of aliphatic hydroxyl groups excluding tert-OH is 3. The molecule has 1 amide bonds. The molecule has 1 fully saturated rings. The number of sulfone groups is 1. The van der Waals surface area contributed by atoms with E-state index in [-0.39, 0.29) is 6.61 Å². The highest BCUT2D eigenvalue weighted by atomic mass is 32.2. The number of hydrogen-bond acceptors (Lipinski definition) is 7. The van der Waals surface area contributed by atoms with Crippen LogP contribution in [0.15, 0.2) is 0 Å². The van der Waals surface area contributed by atoms with Gasteiger partial charge in [-0.25, -0.2) is 13.2 Å². The Morgan fingerprint density at radius 1 is 1.44 bits per heavy atom. The van der Waals surface area contributed by atoms with Crippen LogP contribution in [0.25, 0.3) is 0 Å². The Hall–Kier alpha value is -0.900. The Kier molecular flexibility index (Phi) is 4.54. The van der Waals surface area contributed by atoms with Gasteiger partial charge in [-0.1, -0.05) is 0 Å². The number of amides is 1. The van der Waals surface area contributed by atoms with Gasteiger partial charge in [0.25, 0.3) is 0 Å². The van der Waals surface area contributed by atoms with Crippen molar-refractivity contribution in [1.82, 2.24) is 5.32 Å². The second-order valence-electron chi connectivity index (χ2n) is 4.63. The summed E-state index contributed by atoms with van der Waals surface area (Å²) in [5, 5.41) is 29.4. The SMILES string of the molecule is CC1(CS(=O)(=O)CC(O)C(O)CO)COC(=O)N1. The zero-order valence-corrected chi connectivity index (χ0v) is 10.7. The van der Waals surface area contributed by atoms with Crippen LogP contribution in [0.4, 0.5) is 4.79 Å². The molecule has 3 atom stereocenters. The Morgan fingerprint density at radius 2 is 2.06 bits per heavy atom. The van der Waals surface area contributed by atoms with Crippen LogP contribution in [0.3, 0.4) is 0 Å². The third-order valence-corrected chi connectivity index (χ3v) is 4.45. The average molecular weight is 283 g/mol. The molecule has 8 nitrogen and oxygen atoms in total. The molecular weight excluding hydrogens is 266 g/mol. The summed E-state index contributed by atoms with van der Waals surface area (Å²) < 4.78 is 28.2. The minimum absolute atomic E-state index is 0.0797. The van der Waals surface area contributed by atoms with Crippen molar-refractivity contribution in [3.05, 3.63) is 0 Å². The van der Waals surface area contributed by atoms with Crippen molar-refractivity contribution in [3.63, 3.8) is 0 Å². The lowest BCUT2D eigenvalue weighted by molar-refractivity contribution is -0.00268. The van der Waals surface area contributed by atoms with Gasteiger partial charge in [-0.2, -0.15) is 0 Å². The average Bonchev–Trinajstić information content (AvgIpc) is 2.54. The summed E-state index contributed by atoms with van der Waals surface area (Å²) in [7, 11) is -3.72. The van der Waals surface area contributed by atoms with Crippen molar-refractivity contribution in [2.24, 2.45) is 0 Å². The number of rotatable bonds is 6. The lowest BCUT2D eigenvalue weighted by atomic mass is 10.1. The molecule has 9 heteroatoms. The zero-order valence-electron chi connectivity index (χ0n) is 9.87. The van der Waals surface area contributed by atoms with E-state index in [4.69, 9.17) is 10.2 Å². The summed E-state index contributed by atoms with van der Waals surface area (Å²) in [4.78, 5) is 10.9. The predicted octanol–water partition coefficient (Wildman–Crippen LogP) is -2.39. The van der Waals surface area contributed by atoms with E-state index in [9.17, 15) is 18.3 Å². The zero-order chi connectivity index (χ0) is 14.0. The highest BCUT2D eigenvalue weighted by molar-refractivity contribution is 7.91. The van der Waals surface area contributed by atoms with Crippen LogP contribution in [0, 0.1) is 0 Å². The van der Waals surface area contributed by atoms with Gasteiger partial charge in [0.1, 0.15) is 12.7 Å². The van der Waals surface area contributed by atoms with Crippen molar-refractivity contribution in [2.45, 2.75) is 24.7 Å². The lowest BCUT2D eigenvalue weighted by Gasteiger charge is -2.22. The largest absolute Gasteiger partial charge is 0.447 e. The molecule has 4 N–H and O–H groups in total. The third kappa shape index (κ3) is 4.09. The number of hydrogen-bond donors (Lipinski definition) is 4. The van der Waals surface area contributed by atoms with Crippen molar-refractivity contribution in [2.75, 3.05) is 24.7 Å². The quantitative estimate of drug-likeness (QED) is 0.427. The molecule has 0 aromatic heterocycles. The molecule has 3 unspecified atom stereocenters. The number of ether oxygens (including phenoxy) is 1. The Labute approximate surface area is 104 Å². The molecule has 0 saturated carbocycles. The maximum absolute atomic E-state index is 11.8. The number of aliphatic hydroxyl groups is 3. The number of alkyl carbamates (subject to hydrolysis) is 1. The van der Waals surface area contributed by atoms with E-state index in [1.54, 1.807) is 0 Å². The van der Waals surface area contributed by atoms with Crippen LogP contribution in [0.5, 0.6) is 0 Å². The predicted molar refractivity (Wildman–Crippen MR) is 60.6 cm³/mol. The van der Waals surface area contributed by atoms with Crippen LogP contribution >= 0.6 is 0 Å². The van der Waals surface area contributed by atoms with Crippen LogP contribution < -0.4 is 5.32 Å². The summed E-state index contributed by atoms with van der Waals surface area (Å²) >= 11 is 0. The van der Waals surface area contributed by atoms with Gasteiger partial charge in [-0.05, 0) is 6.92 Å². The second kappa shape index (κ2) is 5.39. The number of cyclic esters (lactones) is 1. The minimum atomic E-state index is -3.72. The Morgan fingerprint density at radius 3 is 2.50 bits per heavy atom. The highest BCUT2D eigenvalue weighted by Crippen LogP contribution is 2.16. The van der Waals surface area contributed by atoms with E-state index >= 15 is 0 Å². The van der Waals surface area contributed by atoms with E-state index in [1.165, 1.54) is 6.92 Å². The minimum Gasteiger partial charge on any atom is -0.447 e. The molecule has 1 saturated heterocycles. The molecule has 0 aliphatic carbocycles. The highest BCUT2D eigenvalue weighted by Gasteiger charge is 2.40. The monoisotopic (exact) mass is 283 g/mol. The van der Waals surface area contributed by atoms with E-state index in [1.807, 2.05) is 0 Å². The maximum atomic E-state index is 11.8. The molecule has 0 aromatic rings. The first-order valence-electron chi connectivity index (χ1n) is 5.30. The van der Waals surface area contributed by atoms with Crippen molar-refractivity contribution in [3.8, 4) is 0 Å². The van der Waals surface area contributed by atoms with E-state index in [0.717, 1.165) is 0 Å². The van der Waals surface area contributed by atoms with Crippen LogP contribution in [-0.4, -0.2) is 72.3 Å². The molecule has 1 aliphatic heterocycles. The van der Waals surface area contributed by atoms with Gasteiger partial charge in [0.2, 0.25) is 0 Å². The summed E-state index contributed by atoms with van der Waals surface area (Å²) in [6, 6.07) is 0. The molecule has 0 spiro atoms. The van der Waals surface area contributed by atoms with Crippen molar-refractivity contribution < 1.29 is 33.3 Å². The van der Waals surface area contributed by atoms with Gasteiger partial charge in [0.05, 0.1) is 29.8 Å². The maximum Gasteiger partial charge on any atom is 0.407 e. The fourth-order valence-electron chi connectivity index (χ4n) is 1.66. The second-order valence-corrected chi connectivity index (χ2v) is 6.74. The Balaban J connectivity index is 2.62. The summed E-state index contributed by atoms with van der Waals surface area (Å²) in [6.45, 7) is 0.696. The van der Waals surface area contributed by atoms with Gasteiger partial charge in [0, 0.05) is 0 Å². The normalized spacial score (nSPS) is 27.4. The molecule has 0 bridgehead atoms. The van der Waals surface area contributed by atoms with Gasteiger partial charge in [-0.15, -0.1) is 0 Å². The van der Waals surface area contributed by atoms with Crippen molar-refractivity contribution >= 4 is 15.9 Å². The number of nitrogens with one attached hydrogen (secondary N) is 1. The van der Waals surface area contributed by atoms with Gasteiger partial charge in [0.15, 0.2) is 9.84 Å². The molecule has 0 radical (unpaired) electrons. The first-order valence-corrected chi connectivity index (χ1v) is 7.12. The molecule has 18 heavy (non-hydrogen) atoms. The molecule has 1 heterocycles. The van der Waals surface area contributed by atoms with E-state index < -0.39 is 51.8 Å². The molecule has 0 aromatic carbocycles. The number of carbonyl (C=O) groups is 1. The Bertz CT molecular complexity index is 409. The summed E-state index contributed by atoms with van der Waals surface area (Å²) in [5.74, 6) is -1.11. The van der Waals surface area contributed by atoms with E-state index in [2.05, 4.69) is 10.1 Å². The fourth-order valence-corrected chi connectivity index (χ4v) is 3.64. The van der Waals surface area contributed by atoms with Crippen LogP contribution in [-0.2, 0) is 14.6 Å². The lowest BCUT2D eigenvalue weighted by Crippen LogP contribution is -2.48. The van der Waals surface area contributed by atoms with Crippen LogP contribution in [0.2, 0.25) is 0 Å².